The van der Waals surface area contributed by atoms with Crippen LogP contribution in [0.5, 0.6) is 0 Å². The third-order valence-corrected chi connectivity index (χ3v) is 5.05. The minimum Gasteiger partial charge on any atom is -0.369 e. The maximum atomic E-state index is 12.4. The average molecular weight is 380 g/mol. The lowest BCUT2D eigenvalue weighted by Crippen LogP contribution is -2.44. The van der Waals surface area contributed by atoms with Crippen LogP contribution in [0.3, 0.4) is 0 Å². The van der Waals surface area contributed by atoms with E-state index in [-0.39, 0.29) is 18.4 Å². The maximum Gasteiger partial charge on any atom is 0.244 e. The van der Waals surface area contributed by atoms with Gasteiger partial charge >= 0.3 is 0 Å². The van der Waals surface area contributed by atoms with Crippen molar-refractivity contribution in [2.45, 2.75) is 13.8 Å². The fourth-order valence-electron chi connectivity index (χ4n) is 3.27. The summed E-state index contributed by atoms with van der Waals surface area (Å²) in [6.45, 7) is 7.52. The fourth-order valence-corrected chi connectivity index (χ4v) is 3.27. The van der Waals surface area contributed by atoms with Crippen LogP contribution in [0.15, 0.2) is 48.5 Å². The van der Waals surface area contributed by atoms with Gasteiger partial charge < -0.3 is 20.0 Å². The Balaban J connectivity index is 1.65. The van der Waals surface area contributed by atoms with Crippen molar-refractivity contribution in [2.24, 2.45) is 0 Å². The van der Waals surface area contributed by atoms with Crippen LogP contribution in [0, 0.1) is 6.92 Å². The number of carbonyl (C=O) groups excluding carboxylic acids is 2. The number of benzene rings is 2. The highest BCUT2D eigenvalue weighted by atomic mass is 16.2. The number of piperazine rings is 1. The topological polar surface area (TPSA) is 55.9 Å². The summed E-state index contributed by atoms with van der Waals surface area (Å²) in [7, 11) is 2.13. The molecule has 0 bridgehead atoms. The summed E-state index contributed by atoms with van der Waals surface area (Å²) in [4.78, 5) is 30.7. The van der Waals surface area contributed by atoms with Gasteiger partial charge in [0.05, 0.1) is 0 Å². The average Bonchev–Trinajstić information content (AvgIpc) is 2.68. The smallest absolute Gasteiger partial charge is 0.244 e. The van der Waals surface area contributed by atoms with Gasteiger partial charge in [-0.3, -0.25) is 9.59 Å². The fraction of sp³-hybridized carbons (Fsp3) is 0.364. The molecule has 0 aliphatic carbocycles. The Morgan fingerprint density at radius 3 is 2.14 bits per heavy atom. The summed E-state index contributed by atoms with van der Waals surface area (Å²) < 4.78 is 0. The normalized spacial score (nSPS) is 14.6. The van der Waals surface area contributed by atoms with Crippen molar-refractivity contribution >= 4 is 28.9 Å². The van der Waals surface area contributed by atoms with E-state index in [2.05, 4.69) is 22.2 Å². The molecule has 0 atom stereocenters. The first-order valence-electron chi connectivity index (χ1n) is 9.60. The number of nitrogens with zero attached hydrogens (tertiary/aromatic N) is 3. The van der Waals surface area contributed by atoms with Gasteiger partial charge in [0, 0.05) is 50.2 Å². The number of likely N-dealkylation sites (N-methyl/N-ethyl adjacent to an activating group) is 1. The van der Waals surface area contributed by atoms with Crippen molar-refractivity contribution < 1.29 is 9.59 Å². The van der Waals surface area contributed by atoms with Gasteiger partial charge in [-0.05, 0) is 50.4 Å². The van der Waals surface area contributed by atoms with Gasteiger partial charge in [-0.2, -0.15) is 0 Å². The molecule has 1 saturated heterocycles. The molecule has 2 aromatic rings. The van der Waals surface area contributed by atoms with Gasteiger partial charge in [0.1, 0.15) is 6.54 Å². The summed E-state index contributed by atoms with van der Waals surface area (Å²) in [5.41, 5.74) is 3.72. The molecule has 6 nitrogen and oxygen atoms in total. The summed E-state index contributed by atoms with van der Waals surface area (Å²) >= 11 is 0. The van der Waals surface area contributed by atoms with Gasteiger partial charge in [-0.1, -0.05) is 17.7 Å². The summed E-state index contributed by atoms with van der Waals surface area (Å²) in [5, 5.41) is 2.85. The molecule has 1 aliphatic rings. The van der Waals surface area contributed by atoms with Crippen LogP contribution in [0.2, 0.25) is 0 Å². The van der Waals surface area contributed by atoms with Crippen molar-refractivity contribution in [3.63, 3.8) is 0 Å². The molecular formula is C22H28N4O2. The monoisotopic (exact) mass is 380 g/mol. The molecule has 0 saturated carbocycles. The number of rotatable bonds is 5. The number of anilines is 3. The molecule has 1 aliphatic heterocycles. The van der Waals surface area contributed by atoms with Crippen molar-refractivity contribution in [2.75, 3.05) is 54.9 Å². The van der Waals surface area contributed by atoms with Crippen LogP contribution < -0.4 is 15.1 Å². The molecule has 0 unspecified atom stereocenters. The van der Waals surface area contributed by atoms with Crippen molar-refractivity contribution in [3.8, 4) is 0 Å². The van der Waals surface area contributed by atoms with Crippen molar-refractivity contribution in [3.05, 3.63) is 54.1 Å². The molecule has 0 aromatic heterocycles. The molecule has 0 spiro atoms. The van der Waals surface area contributed by atoms with Gasteiger partial charge in [-0.25, -0.2) is 0 Å². The van der Waals surface area contributed by atoms with E-state index in [0.29, 0.717) is 0 Å². The highest BCUT2D eigenvalue weighted by Gasteiger charge is 2.18. The van der Waals surface area contributed by atoms with Crippen molar-refractivity contribution in [1.82, 2.24) is 4.90 Å². The van der Waals surface area contributed by atoms with E-state index in [1.165, 1.54) is 11.8 Å². The largest absolute Gasteiger partial charge is 0.369 e. The summed E-state index contributed by atoms with van der Waals surface area (Å²) in [6.07, 6.45) is 0. The van der Waals surface area contributed by atoms with Crippen LogP contribution in [0.25, 0.3) is 0 Å². The Morgan fingerprint density at radius 1 is 0.964 bits per heavy atom. The molecule has 6 heteroatoms. The Labute approximate surface area is 166 Å². The standard InChI is InChI=1S/C22H28N4O2/c1-17-4-6-19(7-5-17)23-22(28)16-26(18(2)27)21-10-8-20(9-11-21)25-14-12-24(3)13-15-25/h4-11H,12-16H2,1-3H3,(H,23,28). The SMILES string of the molecule is CC(=O)N(CC(=O)Nc1ccc(C)cc1)c1ccc(N2CCN(C)CC2)cc1. The second-order valence-electron chi connectivity index (χ2n) is 7.33. The predicted octanol–water partition coefficient (Wildman–Crippen LogP) is 2.74. The lowest BCUT2D eigenvalue weighted by Gasteiger charge is -2.34. The molecule has 1 fully saturated rings. The van der Waals surface area contributed by atoms with E-state index >= 15 is 0 Å². The quantitative estimate of drug-likeness (QED) is 0.867. The lowest BCUT2D eigenvalue weighted by atomic mass is 10.2. The third-order valence-electron chi connectivity index (χ3n) is 5.05. The van der Waals surface area contributed by atoms with Gasteiger partial charge in [0.25, 0.3) is 0 Å². The molecular weight excluding hydrogens is 352 g/mol. The van der Waals surface area contributed by atoms with E-state index in [1.54, 1.807) is 0 Å². The minimum atomic E-state index is -0.220. The number of carbonyl (C=O) groups is 2. The first-order valence-corrected chi connectivity index (χ1v) is 9.60. The molecule has 1 heterocycles. The maximum absolute atomic E-state index is 12.4. The summed E-state index contributed by atoms with van der Waals surface area (Å²) in [5.74, 6) is -0.381. The number of amides is 2. The zero-order valence-corrected chi connectivity index (χ0v) is 16.8. The van der Waals surface area contributed by atoms with Crippen LogP contribution in [-0.4, -0.2) is 56.5 Å². The molecule has 3 rings (SSSR count). The third kappa shape index (κ3) is 5.10. The van der Waals surface area contributed by atoms with Gasteiger partial charge in [0.2, 0.25) is 11.8 Å². The zero-order valence-electron chi connectivity index (χ0n) is 16.8. The molecule has 148 valence electrons. The van der Waals surface area contributed by atoms with Gasteiger partial charge in [0.15, 0.2) is 0 Å². The predicted molar refractivity (Wildman–Crippen MR) is 114 cm³/mol. The Kier molecular flexibility index (Phi) is 6.31. The highest BCUT2D eigenvalue weighted by molar-refractivity contribution is 6.01. The first kappa shape index (κ1) is 19.9. The van der Waals surface area contributed by atoms with Crippen molar-refractivity contribution in [1.29, 1.82) is 0 Å². The lowest BCUT2D eigenvalue weighted by molar-refractivity contribution is -0.120. The van der Waals surface area contributed by atoms with E-state index in [9.17, 15) is 9.59 Å². The molecule has 28 heavy (non-hydrogen) atoms. The molecule has 2 amide bonds. The zero-order chi connectivity index (χ0) is 20.1. The number of aryl methyl sites for hydroxylation is 1. The second kappa shape index (κ2) is 8.89. The highest BCUT2D eigenvalue weighted by Crippen LogP contribution is 2.22. The number of hydrogen-bond acceptors (Lipinski definition) is 4. The molecule has 1 N–H and O–H groups in total. The molecule has 2 aromatic carbocycles. The minimum absolute atomic E-state index is 0.0168. The van der Waals surface area contributed by atoms with E-state index in [4.69, 9.17) is 0 Å². The Morgan fingerprint density at radius 2 is 1.57 bits per heavy atom. The molecule has 0 radical (unpaired) electrons. The van der Waals surface area contributed by atoms with Crippen LogP contribution in [0.1, 0.15) is 12.5 Å². The van der Waals surface area contributed by atoms with E-state index < -0.39 is 0 Å². The summed E-state index contributed by atoms with van der Waals surface area (Å²) in [6, 6.07) is 15.5. The van der Waals surface area contributed by atoms with E-state index in [1.807, 2.05) is 55.5 Å². The second-order valence-corrected chi connectivity index (χ2v) is 7.33. The van der Waals surface area contributed by atoms with Crippen LogP contribution in [0.4, 0.5) is 17.1 Å². The number of nitrogens with one attached hydrogen (secondary N) is 1. The van der Waals surface area contributed by atoms with Crippen LogP contribution in [-0.2, 0) is 9.59 Å². The van der Waals surface area contributed by atoms with E-state index in [0.717, 1.165) is 48.8 Å². The Bertz CT molecular complexity index is 809. The number of hydrogen-bond donors (Lipinski definition) is 1. The first-order chi connectivity index (χ1) is 13.4. The Hall–Kier alpha value is -2.86. The van der Waals surface area contributed by atoms with Gasteiger partial charge in [-0.15, -0.1) is 0 Å². The van der Waals surface area contributed by atoms with Crippen LogP contribution >= 0.6 is 0 Å².